The van der Waals surface area contributed by atoms with E-state index in [1.807, 2.05) is 0 Å². The van der Waals surface area contributed by atoms with Gasteiger partial charge >= 0.3 is 23.5 Å². The number of nitrogen functional groups attached to an aromatic ring is 2. The lowest BCUT2D eigenvalue weighted by molar-refractivity contribution is -0.0530. The molecule has 2 fully saturated rings. The van der Waals surface area contributed by atoms with Gasteiger partial charge in [-0.1, -0.05) is 0 Å². The van der Waals surface area contributed by atoms with Crippen molar-refractivity contribution in [2.24, 2.45) is 0 Å². The van der Waals surface area contributed by atoms with Crippen molar-refractivity contribution >= 4 is 57.4 Å². The van der Waals surface area contributed by atoms with Gasteiger partial charge in [0.05, 0.1) is 25.9 Å². The first-order valence-electron chi connectivity index (χ1n) is 13.6. The molecule has 10 unspecified atom stereocenters. The predicted octanol–water partition coefficient (Wildman–Crippen LogP) is -2.56. The van der Waals surface area contributed by atoms with E-state index in [9.17, 15) is 48.8 Å². The highest BCUT2D eigenvalue weighted by Gasteiger charge is 2.50. The first kappa shape index (κ1) is 35.7. The molecule has 10 atom stereocenters. The van der Waals surface area contributed by atoms with E-state index in [-0.39, 0.29) is 34.0 Å². The third-order valence-corrected chi connectivity index (χ3v) is 11.4. The molecule has 0 bridgehead atoms. The zero-order valence-electron chi connectivity index (χ0n) is 24.2. The van der Waals surface area contributed by atoms with Crippen molar-refractivity contribution in [3.05, 3.63) is 25.3 Å². The molecule has 0 radical (unpaired) electrons. The topological polar surface area (TPSA) is 387 Å². The summed E-state index contributed by atoms with van der Waals surface area (Å²) < 4.78 is 69.1. The zero-order chi connectivity index (χ0) is 35.5. The number of imidazole rings is 2. The highest BCUT2D eigenvalue weighted by molar-refractivity contribution is 7.67. The number of aromatic nitrogens is 8. The number of aliphatic hydroxyl groups is 4. The number of anilines is 2. The molecule has 29 heteroatoms. The van der Waals surface area contributed by atoms with E-state index >= 15 is 0 Å². The molecule has 0 amide bonds. The van der Waals surface area contributed by atoms with Crippen molar-refractivity contribution in [3.8, 4) is 0 Å². The van der Waals surface area contributed by atoms with Gasteiger partial charge < -0.3 is 56.0 Å². The first-order chi connectivity index (χ1) is 23.0. The van der Waals surface area contributed by atoms with Crippen molar-refractivity contribution < 1.29 is 75.9 Å². The van der Waals surface area contributed by atoms with Crippen LogP contribution >= 0.6 is 23.5 Å². The summed E-state index contributed by atoms with van der Waals surface area (Å²) in [6, 6.07) is 0. The maximum Gasteiger partial charge on any atom is 0.492 e. The lowest BCUT2D eigenvalue weighted by Gasteiger charge is -2.23. The van der Waals surface area contributed by atoms with Crippen LogP contribution in [0.5, 0.6) is 0 Å². The third-order valence-electron chi connectivity index (χ3n) is 7.21. The van der Waals surface area contributed by atoms with E-state index in [0.717, 1.165) is 19.0 Å². The van der Waals surface area contributed by atoms with Crippen molar-refractivity contribution in [3.63, 3.8) is 0 Å². The molecule has 0 spiro atoms. The minimum atomic E-state index is -5.78. The molecule has 4 aromatic heterocycles. The Morgan fingerprint density at radius 2 is 1.12 bits per heavy atom. The average molecular weight is 756 g/mol. The van der Waals surface area contributed by atoms with Crippen LogP contribution in [0.4, 0.5) is 11.6 Å². The number of hydrogen-bond donors (Lipinski definition) is 9. The van der Waals surface area contributed by atoms with Crippen LogP contribution in [0.25, 0.3) is 22.3 Å². The van der Waals surface area contributed by atoms with Gasteiger partial charge in [0.1, 0.15) is 60.3 Å². The highest BCUT2D eigenvalue weighted by atomic mass is 31.3. The molecule has 26 nitrogen and oxygen atoms in total. The van der Waals surface area contributed by atoms with E-state index in [4.69, 9.17) is 30.0 Å². The fourth-order valence-electron chi connectivity index (χ4n) is 4.98. The number of nitrogens with zero attached hydrogens (tertiary/aromatic N) is 8. The van der Waals surface area contributed by atoms with Gasteiger partial charge in [-0.15, -0.1) is 0 Å². The molecule has 11 N–H and O–H groups in total. The fourth-order valence-corrected chi connectivity index (χ4v) is 8.65. The number of nitrogens with two attached hydrogens (primary N) is 2. The largest absolute Gasteiger partial charge is 0.492 e. The number of ether oxygens (including phenoxy) is 2. The number of hydrogen-bond acceptors (Lipinski definition) is 21. The van der Waals surface area contributed by atoms with Crippen LogP contribution in [-0.2, 0) is 40.8 Å². The predicted molar refractivity (Wildman–Crippen MR) is 155 cm³/mol. The maximum atomic E-state index is 13.2. The second kappa shape index (κ2) is 13.2. The Balaban J connectivity index is 1.12. The molecule has 0 saturated carbocycles. The SMILES string of the molecule is Nc1ncnc2c1ncn2C1OC(COP(=O)(O)OP(=O)(OCC2OC(n3cnc4c(N)ncnc43)C(O)C2O)OP(=O)(O)O)C(O)C1O. The summed E-state index contributed by atoms with van der Waals surface area (Å²) in [5.41, 5.74) is 12.0. The number of phosphoric acid groups is 3. The van der Waals surface area contributed by atoms with Gasteiger partial charge in [0.25, 0.3) is 0 Å². The summed E-state index contributed by atoms with van der Waals surface area (Å²) in [5.74, 6) is 0.00852. The summed E-state index contributed by atoms with van der Waals surface area (Å²) in [6.07, 6.45) is -8.32. The number of rotatable bonds is 12. The normalized spacial score (nSPS) is 30.2. The molecular formula is C20H27N10O16P3. The van der Waals surface area contributed by atoms with Gasteiger partial charge in [-0.3, -0.25) is 18.2 Å². The van der Waals surface area contributed by atoms with Gasteiger partial charge in [0, 0.05) is 0 Å². The van der Waals surface area contributed by atoms with Crippen molar-refractivity contribution in [1.29, 1.82) is 0 Å². The summed E-state index contributed by atoms with van der Waals surface area (Å²) >= 11 is 0. The Bertz CT molecular complexity index is 1990. The second-order valence-corrected chi connectivity index (χ2v) is 15.1. The number of aliphatic hydroxyl groups excluding tert-OH is 4. The molecule has 49 heavy (non-hydrogen) atoms. The van der Waals surface area contributed by atoms with Crippen LogP contribution in [0.3, 0.4) is 0 Å². The number of phosphoric ester groups is 1. The summed E-state index contributed by atoms with van der Waals surface area (Å²) in [7, 11) is -17.2. The highest BCUT2D eigenvalue weighted by Crippen LogP contribution is 2.69. The van der Waals surface area contributed by atoms with Crippen LogP contribution in [-0.4, -0.2) is 124 Å². The van der Waals surface area contributed by atoms with E-state index in [2.05, 4.69) is 38.5 Å². The van der Waals surface area contributed by atoms with Crippen molar-refractivity contribution in [2.75, 3.05) is 24.7 Å². The zero-order valence-corrected chi connectivity index (χ0v) is 26.9. The molecule has 2 saturated heterocycles. The van der Waals surface area contributed by atoms with Gasteiger partial charge in [-0.05, 0) is 0 Å². The number of fused-ring (bicyclic) bond motifs is 2. The van der Waals surface area contributed by atoms with Crippen LogP contribution in [0.15, 0.2) is 25.3 Å². The fraction of sp³-hybridized carbons (Fsp3) is 0.500. The molecule has 268 valence electrons. The monoisotopic (exact) mass is 756 g/mol. The van der Waals surface area contributed by atoms with Crippen LogP contribution in [0.1, 0.15) is 12.5 Å². The molecule has 6 rings (SSSR count). The van der Waals surface area contributed by atoms with Gasteiger partial charge in [0.15, 0.2) is 35.4 Å². The van der Waals surface area contributed by atoms with E-state index in [0.29, 0.717) is 0 Å². The lowest BCUT2D eigenvalue weighted by atomic mass is 10.1. The van der Waals surface area contributed by atoms with Crippen LogP contribution < -0.4 is 11.5 Å². The quantitative estimate of drug-likeness (QED) is 0.0671. The van der Waals surface area contributed by atoms with Gasteiger partial charge in [-0.2, -0.15) is 8.62 Å². The summed E-state index contributed by atoms with van der Waals surface area (Å²) in [5, 5.41) is 42.2. The Kier molecular flexibility index (Phi) is 9.62. The molecule has 6 heterocycles. The van der Waals surface area contributed by atoms with Crippen molar-refractivity contribution in [1.82, 2.24) is 39.0 Å². The minimum Gasteiger partial charge on any atom is -0.387 e. The van der Waals surface area contributed by atoms with Gasteiger partial charge in [0.2, 0.25) is 0 Å². The second-order valence-electron chi connectivity index (χ2n) is 10.4. The Hall–Kier alpha value is -3.13. The summed E-state index contributed by atoms with van der Waals surface area (Å²) in [4.78, 5) is 52.5. The first-order valence-corrected chi connectivity index (χ1v) is 18.0. The molecule has 0 aliphatic carbocycles. The lowest BCUT2D eigenvalue weighted by Crippen LogP contribution is -2.34. The molecular weight excluding hydrogens is 729 g/mol. The smallest absolute Gasteiger partial charge is 0.387 e. The Morgan fingerprint density at radius 3 is 1.57 bits per heavy atom. The van der Waals surface area contributed by atoms with E-state index in [1.54, 1.807) is 0 Å². The maximum absolute atomic E-state index is 13.2. The minimum absolute atomic E-state index is 0.00232. The Morgan fingerprint density at radius 1 is 0.673 bits per heavy atom. The molecule has 0 aromatic carbocycles. The van der Waals surface area contributed by atoms with Gasteiger partial charge in [-0.25, -0.2) is 43.6 Å². The Labute approximate surface area is 271 Å². The van der Waals surface area contributed by atoms with E-state index < -0.39 is 85.8 Å². The summed E-state index contributed by atoms with van der Waals surface area (Å²) in [6.45, 7) is -2.14. The van der Waals surface area contributed by atoms with Crippen molar-refractivity contribution in [2.45, 2.75) is 49.1 Å². The average Bonchev–Trinajstić information content (AvgIpc) is 3.77. The molecule has 2 aliphatic heterocycles. The molecule has 4 aromatic rings. The van der Waals surface area contributed by atoms with Crippen LogP contribution in [0, 0.1) is 0 Å². The van der Waals surface area contributed by atoms with Crippen LogP contribution in [0.2, 0.25) is 0 Å². The van der Waals surface area contributed by atoms with E-state index in [1.165, 1.54) is 15.5 Å². The molecule has 2 aliphatic rings. The standard InChI is InChI=1S/C20H27N10O16P3/c21-15-9-17(25-3-23-15)29(5-27-9)19-13(33)11(31)7(43-19)1-41-48(38,39)46-49(40,45-47(35,36)37)42-2-8-12(32)14(34)20(44-8)30-6-28-10-16(22)24-4-26-18(10)30/h3-8,11-14,19-20,31-34H,1-2H2,(H,38,39)(H2,21,23,25)(H2,22,24,26)(H2,35,36,37). The third kappa shape index (κ3) is 7.22.